The van der Waals surface area contributed by atoms with E-state index in [0.29, 0.717) is 5.69 Å². The van der Waals surface area contributed by atoms with Crippen LogP contribution in [0.15, 0.2) is 12.3 Å². The van der Waals surface area contributed by atoms with Crippen LogP contribution in [0.5, 0.6) is 0 Å². The van der Waals surface area contributed by atoms with Crippen molar-refractivity contribution in [1.82, 2.24) is 15.2 Å². The molecule has 1 aliphatic heterocycles. The molecule has 0 radical (unpaired) electrons. The summed E-state index contributed by atoms with van der Waals surface area (Å²) in [7, 11) is 0. The molecule has 9 nitrogen and oxygen atoms in total. The van der Waals surface area contributed by atoms with E-state index in [1.807, 2.05) is 0 Å². The minimum atomic E-state index is -0.626. The van der Waals surface area contributed by atoms with Crippen molar-refractivity contribution < 1.29 is 28.7 Å². The summed E-state index contributed by atoms with van der Waals surface area (Å²) in [6, 6.07) is 1.47. The van der Waals surface area contributed by atoms with Gasteiger partial charge in [0.05, 0.1) is 6.42 Å². The molecule has 9 heteroatoms. The van der Waals surface area contributed by atoms with Gasteiger partial charge in [-0.1, -0.05) is 0 Å². The first-order valence-corrected chi connectivity index (χ1v) is 9.29. The molecule has 0 aliphatic carbocycles. The van der Waals surface area contributed by atoms with E-state index in [9.17, 15) is 19.2 Å². The number of carbonyl (C=O) groups excluding carboxylic acids is 4. The molecule has 0 unspecified atom stereocenters. The van der Waals surface area contributed by atoms with E-state index >= 15 is 0 Å². The van der Waals surface area contributed by atoms with Gasteiger partial charge in [0.25, 0.3) is 5.91 Å². The van der Waals surface area contributed by atoms with Crippen molar-refractivity contribution in [2.45, 2.75) is 45.6 Å². The quantitative estimate of drug-likeness (QED) is 0.540. The van der Waals surface area contributed by atoms with Gasteiger partial charge in [0.1, 0.15) is 11.3 Å². The van der Waals surface area contributed by atoms with E-state index in [1.165, 1.54) is 12.3 Å². The number of ketones is 1. The van der Waals surface area contributed by atoms with Crippen molar-refractivity contribution in [2.75, 3.05) is 26.2 Å². The number of ether oxygens (including phenoxy) is 2. The Bertz CT molecular complexity index is 728. The van der Waals surface area contributed by atoms with Gasteiger partial charge >= 0.3 is 12.1 Å². The number of alkyl carbamates (subject to hydrolysis) is 1. The average Bonchev–Trinajstić information content (AvgIpc) is 3.29. The minimum absolute atomic E-state index is 0.0422. The summed E-state index contributed by atoms with van der Waals surface area (Å²) in [5, 5.41) is 2.44. The van der Waals surface area contributed by atoms with E-state index in [1.54, 1.807) is 25.7 Å². The van der Waals surface area contributed by atoms with Crippen LogP contribution in [0.25, 0.3) is 0 Å². The van der Waals surface area contributed by atoms with E-state index in [0.717, 1.165) is 25.9 Å². The number of hydrogen-bond donors (Lipinski definition) is 2. The Kier molecular flexibility index (Phi) is 7.19. The third kappa shape index (κ3) is 6.71. The molecule has 0 aromatic carbocycles. The number of hydrogen-bond acceptors (Lipinski definition) is 6. The van der Waals surface area contributed by atoms with Crippen LogP contribution in [0.4, 0.5) is 4.79 Å². The van der Waals surface area contributed by atoms with Crippen LogP contribution in [0, 0.1) is 0 Å². The van der Waals surface area contributed by atoms with Gasteiger partial charge in [0, 0.05) is 31.4 Å². The zero-order chi connectivity index (χ0) is 20.7. The van der Waals surface area contributed by atoms with Gasteiger partial charge in [-0.3, -0.25) is 14.4 Å². The summed E-state index contributed by atoms with van der Waals surface area (Å²) in [4.78, 5) is 52.1. The number of amides is 2. The Morgan fingerprint density at radius 3 is 2.50 bits per heavy atom. The Hall–Kier alpha value is -2.84. The summed E-state index contributed by atoms with van der Waals surface area (Å²) >= 11 is 0. The first kappa shape index (κ1) is 21.5. The highest BCUT2D eigenvalue weighted by Gasteiger charge is 2.22. The van der Waals surface area contributed by atoms with Gasteiger partial charge < -0.3 is 24.7 Å². The lowest BCUT2D eigenvalue weighted by Crippen LogP contribution is -2.33. The zero-order valence-electron chi connectivity index (χ0n) is 16.5. The first-order chi connectivity index (χ1) is 13.2. The standard InChI is InChI=1S/C19H27N3O6/c1-19(2,3)28-18(26)20-7-6-16(24)27-12-15(23)13-10-14(21-11-13)17(25)22-8-4-5-9-22/h10-11,21H,4-9,12H2,1-3H3,(H,20,26). The fourth-order valence-electron chi connectivity index (χ4n) is 2.65. The zero-order valence-corrected chi connectivity index (χ0v) is 16.5. The molecule has 1 aromatic rings. The Morgan fingerprint density at radius 1 is 1.18 bits per heavy atom. The maximum Gasteiger partial charge on any atom is 0.407 e. The number of nitrogens with zero attached hydrogens (tertiary/aromatic N) is 1. The van der Waals surface area contributed by atoms with E-state index in [2.05, 4.69) is 10.3 Å². The largest absolute Gasteiger partial charge is 0.457 e. The number of aromatic nitrogens is 1. The predicted molar refractivity (Wildman–Crippen MR) is 100 cm³/mol. The molecule has 0 atom stereocenters. The SMILES string of the molecule is CC(C)(C)OC(=O)NCCC(=O)OCC(=O)c1c[nH]c(C(=O)N2CCCC2)c1. The average molecular weight is 393 g/mol. The third-order valence-corrected chi connectivity index (χ3v) is 3.99. The second kappa shape index (κ2) is 9.38. The number of H-pyrrole nitrogens is 1. The lowest BCUT2D eigenvalue weighted by molar-refractivity contribution is -0.142. The van der Waals surface area contributed by atoms with Gasteiger partial charge in [0.2, 0.25) is 5.78 Å². The maximum absolute atomic E-state index is 12.3. The third-order valence-electron chi connectivity index (χ3n) is 3.99. The number of carbonyl (C=O) groups is 4. The lowest BCUT2D eigenvalue weighted by atomic mass is 10.2. The van der Waals surface area contributed by atoms with Crippen LogP contribution >= 0.6 is 0 Å². The van der Waals surface area contributed by atoms with Crippen molar-refractivity contribution >= 4 is 23.8 Å². The molecule has 0 bridgehead atoms. The maximum atomic E-state index is 12.3. The number of nitrogens with one attached hydrogen (secondary N) is 2. The Labute approximate surface area is 163 Å². The first-order valence-electron chi connectivity index (χ1n) is 9.29. The fraction of sp³-hybridized carbons (Fsp3) is 0.579. The highest BCUT2D eigenvalue weighted by molar-refractivity contribution is 6.01. The lowest BCUT2D eigenvalue weighted by Gasteiger charge is -2.19. The van der Waals surface area contributed by atoms with Crippen molar-refractivity contribution in [1.29, 1.82) is 0 Å². The van der Waals surface area contributed by atoms with Crippen molar-refractivity contribution in [3.8, 4) is 0 Å². The number of rotatable bonds is 7. The molecule has 1 aliphatic rings. The monoisotopic (exact) mass is 393 g/mol. The van der Waals surface area contributed by atoms with Crippen LogP contribution < -0.4 is 5.32 Å². The molecule has 2 rings (SSSR count). The topological polar surface area (TPSA) is 118 Å². The Morgan fingerprint density at radius 2 is 1.86 bits per heavy atom. The van der Waals surface area contributed by atoms with Crippen LogP contribution in [-0.4, -0.2) is 65.5 Å². The molecule has 1 aromatic heterocycles. The van der Waals surface area contributed by atoms with Crippen molar-refractivity contribution in [3.05, 3.63) is 23.5 Å². The molecule has 1 fully saturated rings. The van der Waals surface area contributed by atoms with Crippen LogP contribution in [0.2, 0.25) is 0 Å². The molecule has 154 valence electrons. The number of aromatic amines is 1. The van der Waals surface area contributed by atoms with Gasteiger partial charge in [-0.2, -0.15) is 0 Å². The molecule has 2 heterocycles. The van der Waals surface area contributed by atoms with Gasteiger partial charge in [-0.25, -0.2) is 4.79 Å². The van der Waals surface area contributed by atoms with Crippen LogP contribution in [-0.2, 0) is 14.3 Å². The molecular weight excluding hydrogens is 366 g/mol. The van der Waals surface area contributed by atoms with Crippen molar-refractivity contribution in [3.63, 3.8) is 0 Å². The molecule has 28 heavy (non-hydrogen) atoms. The van der Waals surface area contributed by atoms with Gasteiger partial charge in [-0.15, -0.1) is 0 Å². The molecule has 0 spiro atoms. The summed E-state index contributed by atoms with van der Waals surface area (Å²) in [5.74, 6) is -1.17. The normalized spacial score (nSPS) is 13.9. The molecule has 1 saturated heterocycles. The van der Waals surface area contributed by atoms with E-state index in [4.69, 9.17) is 9.47 Å². The Balaban J connectivity index is 1.71. The van der Waals surface area contributed by atoms with Gasteiger partial charge in [-0.05, 0) is 39.7 Å². The van der Waals surface area contributed by atoms with Gasteiger partial charge in [0.15, 0.2) is 6.61 Å². The summed E-state index contributed by atoms with van der Waals surface area (Å²) in [6.45, 7) is 6.25. The predicted octanol–water partition coefficient (Wildman–Crippen LogP) is 1.89. The fourth-order valence-corrected chi connectivity index (χ4v) is 2.65. The van der Waals surface area contributed by atoms with E-state index < -0.39 is 30.1 Å². The highest BCUT2D eigenvalue weighted by atomic mass is 16.6. The van der Waals surface area contributed by atoms with Crippen molar-refractivity contribution in [2.24, 2.45) is 0 Å². The summed E-state index contributed by atoms with van der Waals surface area (Å²) in [5.41, 5.74) is 0.00290. The number of Topliss-reactive ketones (excluding diaryl/α,β-unsaturated/α-hetero) is 1. The van der Waals surface area contributed by atoms with E-state index in [-0.39, 0.29) is 24.4 Å². The summed E-state index contributed by atoms with van der Waals surface area (Å²) < 4.78 is 9.96. The molecular formula is C19H27N3O6. The second-order valence-corrected chi connectivity index (χ2v) is 7.56. The highest BCUT2D eigenvalue weighted by Crippen LogP contribution is 2.13. The molecule has 2 N–H and O–H groups in total. The number of esters is 1. The van der Waals surface area contributed by atoms with Crippen LogP contribution in [0.3, 0.4) is 0 Å². The molecule has 0 saturated carbocycles. The smallest absolute Gasteiger partial charge is 0.407 e. The second-order valence-electron chi connectivity index (χ2n) is 7.56. The summed E-state index contributed by atoms with van der Waals surface area (Å²) in [6.07, 6.45) is 2.69. The minimum Gasteiger partial charge on any atom is -0.457 e. The number of likely N-dealkylation sites (tertiary alicyclic amines) is 1. The van der Waals surface area contributed by atoms with Crippen LogP contribution in [0.1, 0.15) is 60.9 Å². The molecule has 2 amide bonds.